The molecule has 2 rings (SSSR count). The van der Waals surface area contributed by atoms with E-state index in [0.29, 0.717) is 5.54 Å². The Bertz CT molecular complexity index is 257. The largest absolute Gasteiger partial charge is 0.329 e. The molecule has 1 atom stereocenters. The standard InChI is InChI=1S/C16H33N3/c1-18(2)15-9-8-12-19(13-15)16(14-17)10-6-4-3-5-7-11-16/h15H,3-14,17H2,1-2H3. The molecular formula is C16H33N3. The third-order valence-corrected chi connectivity index (χ3v) is 5.46. The fourth-order valence-electron chi connectivity index (χ4n) is 4.02. The second kappa shape index (κ2) is 7.05. The molecule has 0 spiro atoms. The molecule has 1 heterocycles. The summed E-state index contributed by atoms with van der Waals surface area (Å²) in [5.41, 5.74) is 6.57. The predicted octanol–water partition coefficient (Wildman–Crippen LogP) is 2.45. The summed E-state index contributed by atoms with van der Waals surface area (Å²) in [6, 6.07) is 0.725. The first-order valence-corrected chi connectivity index (χ1v) is 8.29. The van der Waals surface area contributed by atoms with Gasteiger partial charge in [0.25, 0.3) is 0 Å². The van der Waals surface area contributed by atoms with Gasteiger partial charge in [0.05, 0.1) is 0 Å². The van der Waals surface area contributed by atoms with Crippen molar-refractivity contribution in [1.29, 1.82) is 0 Å². The van der Waals surface area contributed by atoms with Gasteiger partial charge in [-0.2, -0.15) is 0 Å². The number of nitrogens with zero attached hydrogens (tertiary/aromatic N) is 2. The number of hydrogen-bond acceptors (Lipinski definition) is 3. The Hall–Kier alpha value is -0.120. The number of hydrogen-bond donors (Lipinski definition) is 1. The van der Waals surface area contributed by atoms with Crippen LogP contribution in [-0.4, -0.2) is 55.1 Å². The van der Waals surface area contributed by atoms with Crippen molar-refractivity contribution >= 4 is 0 Å². The quantitative estimate of drug-likeness (QED) is 0.852. The Morgan fingerprint density at radius 2 is 1.68 bits per heavy atom. The molecule has 1 aliphatic heterocycles. The van der Waals surface area contributed by atoms with E-state index in [9.17, 15) is 0 Å². The first-order chi connectivity index (χ1) is 9.18. The molecular weight excluding hydrogens is 234 g/mol. The maximum atomic E-state index is 6.26. The van der Waals surface area contributed by atoms with E-state index in [4.69, 9.17) is 5.73 Å². The molecule has 19 heavy (non-hydrogen) atoms. The van der Waals surface area contributed by atoms with Crippen molar-refractivity contribution in [2.75, 3.05) is 33.7 Å². The number of nitrogens with two attached hydrogens (primary N) is 1. The first kappa shape index (κ1) is 15.3. The van der Waals surface area contributed by atoms with Crippen LogP contribution >= 0.6 is 0 Å². The molecule has 0 radical (unpaired) electrons. The van der Waals surface area contributed by atoms with Crippen LogP contribution in [-0.2, 0) is 0 Å². The summed E-state index contributed by atoms with van der Waals surface area (Å²) in [6.07, 6.45) is 12.3. The summed E-state index contributed by atoms with van der Waals surface area (Å²) >= 11 is 0. The van der Waals surface area contributed by atoms with Gasteiger partial charge in [-0.25, -0.2) is 0 Å². The van der Waals surface area contributed by atoms with Crippen molar-refractivity contribution in [3.8, 4) is 0 Å². The zero-order valence-corrected chi connectivity index (χ0v) is 13.0. The van der Waals surface area contributed by atoms with Gasteiger partial charge in [0.2, 0.25) is 0 Å². The van der Waals surface area contributed by atoms with Crippen LogP contribution in [0.1, 0.15) is 57.8 Å². The van der Waals surface area contributed by atoms with Crippen LogP contribution in [0.3, 0.4) is 0 Å². The Kier molecular flexibility index (Phi) is 5.67. The van der Waals surface area contributed by atoms with Gasteiger partial charge in [0.15, 0.2) is 0 Å². The SMILES string of the molecule is CN(C)C1CCCN(C2(CN)CCCCCCC2)C1. The lowest BCUT2D eigenvalue weighted by molar-refractivity contribution is 0.0182. The molecule has 2 N–H and O–H groups in total. The van der Waals surface area contributed by atoms with Gasteiger partial charge in [0, 0.05) is 24.7 Å². The summed E-state index contributed by atoms with van der Waals surface area (Å²) < 4.78 is 0. The van der Waals surface area contributed by atoms with E-state index in [0.717, 1.165) is 12.6 Å². The highest BCUT2D eigenvalue weighted by Crippen LogP contribution is 2.33. The minimum atomic E-state index is 0.315. The average Bonchev–Trinajstić information content (AvgIpc) is 2.39. The predicted molar refractivity (Wildman–Crippen MR) is 82.4 cm³/mol. The van der Waals surface area contributed by atoms with Crippen LogP contribution in [0.2, 0.25) is 0 Å². The van der Waals surface area contributed by atoms with Gasteiger partial charge in [-0.15, -0.1) is 0 Å². The first-order valence-electron chi connectivity index (χ1n) is 8.29. The third-order valence-electron chi connectivity index (χ3n) is 5.46. The normalized spacial score (nSPS) is 30.0. The van der Waals surface area contributed by atoms with Crippen molar-refractivity contribution in [2.24, 2.45) is 5.73 Å². The van der Waals surface area contributed by atoms with E-state index in [-0.39, 0.29) is 0 Å². The lowest BCUT2D eigenvalue weighted by atomic mass is 9.81. The van der Waals surface area contributed by atoms with Gasteiger partial charge in [0.1, 0.15) is 0 Å². The Labute approximate surface area is 119 Å². The van der Waals surface area contributed by atoms with Gasteiger partial charge in [-0.05, 0) is 46.3 Å². The third kappa shape index (κ3) is 3.71. The van der Waals surface area contributed by atoms with Crippen molar-refractivity contribution < 1.29 is 0 Å². The second-order valence-electron chi connectivity index (χ2n) is 6.90. The van der Waals surface area contributed by atoms with Gasteiger partial charge >= 0.3 is 0 Å². The summed E-state index contributed by atoms with van der Waals surface area (Å²) in [5.74, 6) is 0. The summed E-state index contributed by atoms with van der Waals surface area (Å²) in [4.78, 5) is 5.16. The van der Waals surface area contributed by atoms with E-state index < -0.39 is 0 Å². The monoisotopic (exact) mass is 267 g/mol. The summed E-state index contributed by atoms with van der Waals surface area (Å²) in [7, 11) is 4.45. The highest BCUT2D eigenvalue weighted by atomic mass is 15.3. The molecule has 3 nitrogen and oxygen atoms in total. The highest BCUT2D eigenvalue weighted by molar-refractivity contribution is 4.96. The smallest absolute Gasteiger partial charge is 0.0332 e. The molecule has 1 aliphatic carbocycles. The fourth-order valence-corrected chi connectivity index (χ4v) is 4.02. The van der Waals surface area contributed by atoms with Gasteiger partial charge in [-0.1, -0.05) is 32.1 Å². The Morgan fingerprint density at radius 3 is 2.26 bits per heavy atom. The molecule has 1 unspecified atom stereocenters. The molecule has 2 fully saturated rings. The molecule has 0 aromatic rings. The average molecular weight is 267 g/mol. The minimum absolute atomic E-state index is 0.315. The Balaban J connectivity index is 2.05. The van der Waals surface area contributed by atoms with Crippen LogP contribution in [0.4, 0.5) is 0 Å². The van der Waals surface area contributed by atoms with E-state index >= 15 is 0 Å². The zero-order valence-electron chi connectivity index (χ0n) is 13.0. The van der Waals surface area contributed by atoms with Crippen LogP contribution in [0.25, 0.3) is 0 Å². The van der Waals surface area contributed by atoms with Gasteiger partial charge in [-0.3, -0.25) is 4.90 Å². The molecule has 1 saturated carbocycles. The van der Waals surface area contributed by atoms with E-state index in [1.165, 1.54) is 70.9 Å². The van der Waals surface area contributed by atoms with Crippen LogP contribution in [0.5, 0.6) is 0 Å². The van der Waals surface area contributed by atoms with Crippen LogP contribution < -0.4 is 5.73 Å². The molecule has 0 amide bonds. The fraction of sp³-hybridized carbons (Fsp3) is 1.00. The van der Waals surface area contributed by atoms with Crippen molar-refractivity contribution in [3.05, 3.63) is 0 Å². The minimum Gasteiger partial charge on any atom is -0.329 e. The zero-order chi connectivity index (χ0) is 13.7. The van der Waals surface area contributed by atoms with Crippen LogP contribution in [0, 0.1) is 0 Å². The van der Waals surface area contributed by atoms with E-state index in [1.807, 2.05) is 0 Å². The number of piperidine rings is 1. The number of likely N-dealkylation sites (N-methyl/N-ethyl adjacent to an activating group) is 1. The van der Waals surface area contributed by atoms with Crippen molar-refractivity contribution in [3.63, 3.8) is 0 Å². The topological polar surface area (TPSA) is 32.5 Å². The number of rotatable bonds is 3. The lowest BCUT2D eigenvalue weighted by Gasteiger charge is -2.49. The molecule has 3 heteroatoms. The lowest BCUT2D eigenvalue weighted by Crippen LogP contribution is -2.59. The van der Waals surface area contributed by atoms with Crippen molar-refractivity contribution in [1.82, 2.24) is 9.80 Å². The molecule has 112 valence electrons. The summed E-state index contributed by atoms with van der Waals surface area (Å²) in [6.45, 7) is 3.35. The van der Waals surface area contributed by atoms with E-state index in [1.54, 1.807) is 0 Å². The Morgan fingerprint density at radius 1 is 1.05 bits per heavy atom. The molecule has 0 aromatic heterocycles. The highest BCUT2D eigenvalue weighted by Gasteiger charge is 2.38. The second-order valence-corrected chi connectivity index (χ2v) is 6.90. The molecule has 0 bridgehead atoms. The molecule has 0 aromatic carbocycles. The van der Waals surface area contributed by atoms with Crippen LogP contribution in [0.15, 0.2) is 0 Å². The van der Waals surface area contributed by atoms with Crippen molar-refractivity contribution in [2.45, 2.75) is 69.4 Å². The number of likely N-dealkylation sites (tertiary alicyclic amines) is 1. The molecule has 1 saturated heterocycles. The molecule has 2 aliphatic rings. The van der Waals surface area contributed by atoms with Gasteiger partial charge < -0.3 is 10.6 Å². The summed E-state index contributed by atoms with van der Waals surface area (Å²) in [5, 5.41) is 0. The van der Waals surface area contributed by atoms with E-state index in [2.05, 4.69) is 23.9 Å². The maximum absolute atomic E-state index is 6.26. The maximum Gasteiger partial charge on any atom is 0.0332 e.